The second kappa shape index (κ2) is 9.28. The Morgan fingerprint density at radius 1 is 1.21 bits per heavy atom. The van der Waals surface area contributed by atoms with Crippen LogP contribution in [0.2, 0.25) is 5.02 Å². The molecule has 0 aliphatic carbocycles. The van der Waals surface area contributed by atoms with Gasteiger partial charge in [0, 0.05) is 11.6 Å². The zero-order valence-corrected chi connectivity index (χ0v) is 14.4. The lowest BCUT2D eigenvalue weighted by molar-refractivity contribution is -0.120. The third-order valence-corrected chi connectivity index (χ3v) is 3.80. The molecule has 3 nitrogen and oxygen atoms in total. The predicted molar refractivity (Wildman–Crippen MR) is 94.1 cm³/mol. The van der Waals surface area contributed by atoms with E-state index in [2.05, 4.69) is 5.32 Å². The molecule has 2 rings (SSSR count). The van der Waals surface area contributed by atoms with Crippen molar-refractivity contribution in [2.45, 2.75) is 26.2 Å². The highest BCUT2D eigenvalue weighted by molar-refractivity contribution is 6.30. The number of amides is 1. The summed E-state index contributed by atoms with van der Waals surface area (Å²) in [6.45, 7) is 3.16. The molecule has 0 atom stereocenters. The number of benzene rings is 2. The first kappa shape index (κ1) is 18.3. The number of carbonyl (C=O) groups excluding carboxylic acids is 1. The number of hydrogen-bond donors (Lipinski definition) is 1. The van der Waals surface area contributed by atoms with Crippen LogP contribution in [0.15, 0.2) is 42.5 Å². The minimum Gasteiger partial charge on any atom is -0.494 e. The summed E-state index contributed by atoms with van der Waals surface area (Å²) in [5.41, 5.74) is 1.54. The third kappa shape index (κ3) is 5.85. The van der Waals surface area contributed by atoms with Crippen LogP contribution in [0, 0.1) is 5.82 Å². The Morgan fingerprint density at radius 3 is 2.62 bits per heavy atom. The van der Waals surface area contributed by atoms with Crippen molar-refractivity contribution in [2.24, 2.45) is 0 Å². The first-order valence-electron chi connectivity index (χ1n) is 8.01. The number of aryl methyl sites for hydroxylation is 1. The van der Waals surface area contributed by atoms with Crippen molar-refractivity contribution < 1.29 is 13.9 Å². The molecule has 24 heavy (non-hydrogen) atoms. The van der Waals surface area contributed by atoms with Gasteiger partial charge in [-0.2, -0.15) is 0 Å². The minimum atomic E-state index is -0.452. The maximum Gasteiger partial charge on any atom is 0.224 e. The number of ether oxygens (including phenoxy) is 1. The number of carbonyl (C=O) groups is 1. The Labute approximate surface area is 146 Å². The van der Waals surface area contributed by atoms with Crippen molar-refractivity contribution in [3.63, 3.8) is 0 Å². The van der Waals surface area contributed by atoms with Gasteiger partial charge >= 0.3 is 0 Å². The molecular weight excluding hydrogens is 329 g/mol. The number of nitrogens with one attached hydrogen (secondary N) is 1. The van der Waals surface area contributed by atoms with Crippen LogP contribution in [0.3, 0.4) is 0 Å². The lowest BCUT2D eigenvalue weighted by Crippen LogP contribution is -2.26. The maximum absolute atomic E-state index is 13.6. The highest BCUT2D eigenvalue weighted by Gasteiger charge is 2.08. The van der Waals surface area contributed by atoms with E-state index < -0.39 is 5.82 Å². The topological polar surface area (TPSA) is 38.3 Å². The van der Waals surface area contributed by atoms with Crippen molar-refractivity contribution in [2.75, 3.05) is 13.2 Å². The zero-order valence-electron chi connectivity index (χ0n) is 13.6. The number of halogens is 2. The molecule has 0 aromatic heterocycles. The van der Waals surface area contributed by atoms with Gasteiger partial charge in [0.1, 0.15) is 11.6 Å². The smallest absolute Gasteiger partial charge is 0.224 e. The molecule has 0 unspecified atom stereocenters. The van der Waals surface area contributed by atoms with Crippen LogP contribution in [0.25, 0.3) is 0 Å². The fourth-order valence-electron chi connectivity index (χ4n) is 2.34. The molecule has 0 saturated carbocycles. The van der Waals surface area contributed by atoms with Crippen LogP contribution >= 0.6 is 11.6 Å². The maximum atomic E-state index is 13.6. The molecule has 2 aromatic rings. The quantitative estimate of drug-likeness (QED) is 0.726. The fourth-order valence-corrected chi connectivity index (χ4v) is 2.50. The van der Waals surface area contributed by atoms with E-state index in [0.29, 0.717) is 23.7 Å². The molecule has 0 spiro atoms. The molecule has 2 aromatic carbocycles. The van der Waals surface area contributed by atoms with Crippen LogP contribution in [-0.2, 0) is 17.6 Å². The van der Waals surface area contributed by atoms with Crippen molar-refractivity contribution in [3.8, 4) is 5.75 Å². The molecular formula is C19H21ClFNO2. The van der Waals surface area contributed by atoms with Gasteiger partial charge in [-0.1, -0.05) is 29.8 Å². The van der Waals surface area contributed by atoms with E-state index in [1.807, 2.05) is 31.2 Å². The average Bonchev–Trinajstić information content (AvgIpc) is 2.56. The van der Waals surface area contributed by atoms with Crippen LogP contribution in [0.4, 0.5) is 4.39 Å². The van der Waals surface area contributed by atoms with E-state index in [4.69, 9.17) is 16.3 Å². The van der Waals surface area contributed by atoms with Gasteiger partial charge in [0.2, 0.25) is 5.91 Å². The van der Waals surface area contributed by atoms with E-state index in [1.165, 1.54) is 17.7 Å². The van der Waals surface area contributed by atoms with Gasteiger partial charge in [0.15, 0.2) is 0 Å². The van der Waals surface area contributed by atoms with E-state index in [9.17, 15) is 9.18 Å². The standard InChI is InChI=1S/C19H21ClFNO2/c1-2-24-17-9-5-14(6-10-17)4-3-11-22-19(23)12-15-7-8-16(20)13-18(15)21/h5-10,13H,2-4,11-12H2,1H3,(H,22,23). The summed E-state index contributed by atoms with van der Waals surface area (Å²) >= 11 is 5.69. The Bertz CT molecular complexity index is 674. The fraction of sp³-hybridized carbons (Fsp3) is 0.316. The Morgan fingerprint density at radius 2 is 1.96 bits per heavy atom. The number of hydrogen-bond acceptors (Lipinski definition) is 2. The Hall–Kier alpha value is -2.07. The summed E-state index contributed by atoms with van der Waals surface area (Å²) in [4.78, 5) is 11.9. The van der Waals surface area contributed by atoms with E-state index in [0.717, 1.165) is 18.6 Å². The van der Waals surface area contributed by atoms with Crippen molar-refractivity contribution >= 4 is 17.5 Å². The first-order valence-corrected chi connectivity index (χ1v) is 8.38. The summed E-state index contributed by atoms with van der Waals surface area (Å²) in [6.07, 6.45) is 1.71. The third-order valence-electron chi connectivity index (χ3n) is 3.56. The minimum absolute atomic E-state index is 0.0199. The molecule has 0 bridgehead atoms. The second-order valence-electron chi connectivity index (χ2n) is 5.44. The molecule has 0 fully saturated rings. The summed E-state index contributed by atoms with van der Waals surface area (Å²) in [6, 6.07) is 12.3. The average molecular weight is 350 g/mol. The van der Waals surface area contributed by atoms with Crippen molar-refractivity contribution in [1.82, 2.24) is 5.32 Å². The van der Waals surface area contributed by atoms with Gasteiger partial charge in [-0.25, -0.2) is 4.39 Å². The van der Waals surface area contributed by atoms with Gasteiger partial charge in [-0.05, 0) is 55.2 Å². The second-order valence-corrected chi connectivity index (χ2v) is 5.88. The molecule has 0 radical (unpaired) electrons. The van der Waals surface area contributed by atoms with Crippen molar-refractivity contribution in [1.29, 1.82) is 0 Å². The van der Waals surface area contributed by atoms with E-state index in [-0.39, 0.29) is 12.3 Å². The molecule has 0 aliphatic heterocycles. The highest BCUT2D eigenvalue weighted by atomic mass is 35.5. The molecule has 1 amide bonds. The molecule has 128 valence electrons. The molecule has 0 heterocycles. The molecule has 1 N–H and O–H groups in total. The van der Waals surface area contributed by atoms with Crippen LogP contribution in [0.5, 0.6) is 5.75 Å². The normalized spacial score (nSPS) is 10.5. The molecule has 0 aliphatic rings. The van der Waals surface area contributed by atoms with Gasteiger partial charge < -0.3 is 10.1 Å². The van der Waals surface area contributed by atoms with E-state index in [1.54, 1.807) is 6.07 Å². The van der Waals surface area contributed by atoms with Crippen LogP contribution in [0.1, 0.15) is 24.5 Å². The molecule has 5 heteroatoms. The van der Waals surface area contributed by atoms with Crippen molar-refractivity contribution in [3.05, 3.63) is 64.4 Å². The largest absolute Gasteiger partial charge is 0.494 e. The summed E-state index contributed by atoms with van der Waals surface area (Å²) in [7, 11) is 0. The first-order chi connectivity index (χ1) is 11.6. The Kier molecular flexibility index (Phi) is 7.07. The zero-order chi connectivity index (χ0) is 17.4. The van der Waals surface area contributed by atoms with Gasteiger partial charge in [-0.3, -0.25) is 4.79 Å². The summed E-state index contributed by atoms with van der Waals surface area (Å²) < 4.78 is 19.0. The lowest BCUT2D eigenvalue weighted by atomic mass is 10.1. The summed E-state index contributed by atoms with van der Waals surface area (Å²) in [5, 5.41) is 3.14. The highest BCUT2D eigenvalue weighted by Crippen LogP contribution is 2.15. The SMILES string of the molecule is CCOc1ccc(CCCNC(=O)Cc2ccc(Cl)cc2F)cc1. The Balaban J connectivity index is 1.70. The lowest BCUT2D eigenvalue weighted by Gasteiger charge is -2.07. The monoisotopic (exact) mass is 349 g/mol. The molecule has 0 saturated heterocycles. The predicted octanol–water partition coefficient (Wildman–Crippen LogP) is 4.17. The van der Waals surface area contributed by atoms with Gasteiger partial charge in [0.25, 0.3) is 0 Å². The summed E-state index contributed by atoms with van der Waals surface area (Å²) in [5.74, 6) is 0.217. The van der Waals surface area contributed by atoms with Gasteiger partial charge in [0.05, 0.1) is 13.0 Å². The van der Waals surface area contributed by atoms with E-state index >= 15 is 0 Å². The van der Waals surface area contributed by atoms with Crippen LogP contribution < -0.4 is 10.1 Å². The van der Waals surface area contributed by atoms with Crippen LogP contribution in [-0.4, -0.2) is 19.1 Å². The number of rotatable bonds is 8. The van der Waals surface area contributed by atoms with Gasteiger partial charge in [-0.15, -0.1) is 0 Å².